The van der Waals surface area contributed by atoms with Crippen LogP contribution in [-0.4, -0.2) is 23.5 Å². The predicted molar refractivity (Wildman–Crippen MR) is 118 cm³/mol. The number of amides is 1. The van der Waals surface area contributed by atoms with Gasteiger partial charge in [0.25, 0.3) is 5.91 Å². The molecule has 4 nitrogen and oxygen atoms in total. The van der Waals surface area contributed by atoms with Crippen molar-refractivity contribution in [2.75, 3.05) is 11.9 Å². The summed E-state index contributed by atoms with van der Waals surface area (Å²) in [5, 5.41) is 5.88. The molecule has 1 amide bonds. The SMILES string of the molecule is CCCCN1C(=O)c2ccccc2NC1c1c(OC(C)C)ccc2ccccc12. The minimum absolute atomic E-state index is 0.0468. The Bertz CT molecular complexity index is 1030. The van der Waals surface area contributed by atoms with Crippen molar-refractivity contribution in [3.63, 3.8) is 0 Å². The highest BCUT2D eigenvalue weighted by atomic mass is 16.5. The average Bonchev–Trinajstić information content (AvgIpc) is 2.72. The third-order valence-electron chi connectivity index (χ3n) is 5.34. The fourth-order valence-corrected chi connectivity index (χ4v) is 3.99. The van der Waals surface area contributed by atoms with E-state index in [0.717, 1.165) is 46.2 Å². The van der Waals surface area contributed by atoms with Crippen molar-refractivity contribution >= 4 is 22.4 Å². The highest BCUT2D eigenvalue weighted by Crippen LogP contribution is 2.41. The first-order valence-electron chi connectivity index (χ1n) is 10.4. The van der Waals surface area contributed by atoms with Crippen LogP contribution in [0.1, 0.15) is 55.7 Å². The summed E-state index contributed by atoms with van der Waals surface area (Å²) in [5.41, 5.74) is 2.63. The lowest BCUT2D eigenvalue weighted by Gasteiger charge is -2.39. The molecule has 1 N–H and O–H groups in total. The highest BCUT2D eigenvalue weighted by Gasteiger charge is 2.35. The van der Waals surface area contributed by atoms with Crippen molar-refractivity contribution in [3.8, 4) is 5.75 Å². The summed E-state index contributed by atoms with van der Waals surface area (Å²) in [6, 6.07) is 20.2. The number of rotatable bonds is 6. The van der Waals surface area contributed by atoms with Crippen LogP contribution in [0.25, 0.3) is 10.8 Å². The van der Waals surface area contributed by atoms with Gasteiger partial charge in [0, 0.05) is 17.8 Å². The Balaban J connectivity index is 1.90. The molecular formula is C25H28N2O2. The number of anilines is 1. The van der Waals surface area contributed by atoms with Crippen LogP contribution in [0, 0.1) is 0 Å². The summed E-state index contributed by atoms with van der Waals surface area (Å²) in [6.07, 6.45) is 1.76. The lowest BCUT2D eigenvalue weighted by atomic mass is 9.97. The van der Waals surface area contributed by atoms with Crippen LogP contribution >= 0.6 is 0 Å². The lowest BCUT2D eigenvalue weighted by Crippen LogP contribution is -2.43. The van der Waals surface area contributed by atoms with Gasteiger partial charge < -0.3 is 15.0 Å². The van der Waals surface area contributed by atoms with Crippen molar-refractivity contribution in [1.29, 1.82) is 0 Å². The number of hydrogen-bond donors (Lipinski definition) is 1. The molecular weight excluding hydrogens is 360 g/mol. The standard InChI is InChI=1S/C25H28N2O2/c1-4-5-16-27-24(26-21-13-9-8-12-20(21)25(27)28)23-19-11-7-6-10-18(19)14-15-22(23)29-17(2)3/h6-15,17,24,26H,4-5,16H2,1-3H3. The summed E-state index contributed by atoms with van der Waals surface area (Å²) in [6.45, 7) is 6.91. The topological polar surface area (TPSA) is 41.6 Å². The minimum Gasteiger partial charge on any atom is -0.491 e. The third-order valence-corrected chi connectivity index (χ3v) is 5.34. The fraction of sp³-hybridized carbons (Fsp3) is 0.320. The Morgan fingerprint density at radius 2 is 1.79 bits per heavy atom. The van der Waals surface area contributed by atoms with Gasteiger partial charge in [0.05, 0.1) is 11.7 Å². The zero-order valence-electron chi connectivity index (χ0n) is 17.3. The quantitative estimate of drug-likeness (QED) is 0.564. The molecule has 0 aliphatic carbocycles. The Kier molecular flexibility index (Phi) is 5.43. The molecule has 29 heavy (non-hydrogen) atoms. The Morgan fingerprint density at radius 3 is 2.59 bits per heavy atom. The molecule has 0 bridgehead atoms. The van der Waals surface area contributed by atoms with Gasteiger partial charge in [-0.2, -0.15) is 0 Å². The van der Waals surface area contributed by atoms with E-state index in [9.17, 15) is 4.79 Å². The number of fused-ring (bicyclic) bond motifs is 2. The molecule has 1 aliphatic heterocycles. The van der Waals surface area contributed by atoms with Gasteiger partial charge >= 0.3 is 0 Å². The highest BCUT2D eigenvalue weighted by molar-refractivity contribution is 6.02. The molecule has 4 heteroatoms. The normalized spacial score (nSPS) is 16.1. The first-order chi connectivity index (χ1) is 14.1. The van der Waals surface area contributed by atoms with Crippen LogP contribution in [0.3, 0.4) is 0 Å². The van der Waals surface area contributed by atoms with Gasteiger partial charge in [0.1, 0.15) is 11.9 Å². The van der Waals surface area contributed by atoms with Crippen molar-refractivity contribution in [3.05, 3.63) is 71.8 Å². The molecule has 0 fully saturated rings. The molecule has 3 aromatic rings. The van der Waals surface area contributed by atoms with E-state index in [0.29, 0.717) is 6.54 Å². The largest absolute Gasteiger partial charge is 0.491 e. The van der Waals surface area contributed by atoms with Gasteiger partial charge in [0.15, 0.2) is 0 Å². The van der Waals surface area contributed by atoms with Gasteiger partial charge in [-0.15, -0.1) is 0 Å². The Morgan fingerprint density at radius 1 is 1.03 bits per heavy atom. The van der Waals surface area contributed by atoms with Crippen molar-refractivity contribution in [1.82, 2.24) is 4.90 Å². The molecule has 1 atom stereocenters. The number of hydrogen-bond acceptors (Lipinski definition) is 3. The molecule has 1 unspecified atom stereocenters. The lowest BCUT2D eigenvalue weighted by molar-refractivity contribution is 0.0678. The summed E-state index contributed by atoms with van der Waals surface area (Å²) in [4.78, 5) is 15.4. The molecule has 1 heterocycles. The van der Waals surface area contributed by atoms with E-state index in [2.05, 4.69) is 30.4 Å². The van der Waals surface area contributed by atoms with Gasteiger partial charge in [-0.25, -0.2) is 0 Å². The van der Waals surface area contributed by atoms with E-state index < -0.39 is 0 Å². The second-order valence-electron chi connectivity index (χ2n) is 7.81. The molecule has 3 aromatic carbocycles. The molecule has 0 radical (unpaired) electrons. The zero-order chi connectivity index (χ0) is 20.4. The molecule has 0 saturated carbocycles. The number of unbranched alkanes of at least 4 members (excludes halogenated alkanes) is 1. The maximum Gasteiger partial charge on any atom is 0.257 e. The first-order valence-corrected chi connectivity index (χ1v) is 10.4. The number of carbonyl (C=O) groups is 1. The number of carbonyl (C=O) groups excluding carboxylic acids is 1. The minimum atomic E-state index is -0.274. The molecule has 1 aliphatic rings. The van der Waals surface area contributed by atoms with Gasteiger partial charge in [-0.3, -0.25) is 4.79 Å². The number of ether oxygens (including phenoxy) is 1. The third kappa shape index (κ3) is 3.67. The second-order valence-corrected chi connectivity index (χ2v) is 7.81. The summed E-state index contributed by atoms with van der Waals surface area (Å²) < 4.78 is 6.20. The van der Waals surface area contributed by atoms with E-state index in [-0.39, 0.29) is 18.2 Å². The fourth-order valence-electron chi connectivity index (χ4n) is 3.99. The second kappa shape index (κ2) is 8.16. The molecule has 4 rings (SSSR count). The number of para-hydroxylation sites is 1. The maximum atomic E-state index is 13.4. The monoisotopic (exact) mass is 388 g/mol. The molecule has 0 spiro atoms. The molecule has 150 valence electrons. The van der Waals surface area contributed by atoms with Crippen LogP contribution in [0.4, 0.5) is 5.69 Å². The van der Waals surface area contributed by atoms with Crippen molar-refractivity contribution in [2.24, 2.45) is 0 Å². The average molecular weight is 389 g/mol. The Hall–Kier alpha value is -3.01. The molecule has 0 saturated heterocycles. The van der Waals surface area contributed by atoms with Gasteiger partial charge in [0.2, 0.25) is 0 Å². The van der Waals surface area contributed by atoms with Crippen LogP contribution in [0.5, 0.6) is 5.75 Å². The van der Waals surface area contributed by atoms with Crippen LogP contribution in [-0.2, 0) is 0 Å². The van der Waals surface area contributed by atoms with E-state index >= 15 is 0 Å². The predicted octanol–water partition coefficient (Wildman–Crippen LogP) is 5.99. The van der Waals surface area contributed by atoms with Crippen molar-refractivity contribution < 1.29 is 9.53 Å². The van der Waals surface area contributed by atoms with Crippen LogP contribution < -0.4 is 10.1 Å². The summed E-state index contributed by atoms with van der Waals surface area (Å²) >= 11 is 0. The summed E-state index contributed by atoms with van der Waals surface area (Å²) in [5.74, 6) is 0.895. The van der Waals surface area contributed by atoms with E-state index in [1.165, 1.54) is 0 Å². The van der Waals surface area contributed by atoms with Gasteiger partial charge in [-0.1, -0.05) is 55.8 Å². The van der Waals surface area contributed by atoms with Crippen molar-refractivity contribution in [2.45, 2.75) is 45.9 Å². The van der Waals surface area contributed by atoms with E-state index in [1.54, 1.807) is 0 Å². The smallest absolute Gasteiger partial charge is 0.257 e. The first kappa shape index (κ1) is 19.3. The zero-order valence-corrected chi connectivity index (χ0v) is 17.3. The van der Waals surface area contributed by atoms with Crippen LogP contribution in [0.15, 0.2) is 60.7 Å². The Labute approximate surface area is 172 Å². The number of nitrogens with zero attached hydrogens (tertiary/aromatic N) is 1. The van der Waals surface area contributed by atoms with E-state index in [4.69, 9.17) is 4.74 Å². The summed E-state index contributed by atoms with van der Waals surface area (Å²) in [7, 11) is 0. The van der Waals surface area contributed by atoms with E-state index in [1.807, 2.05) is 61.2 Å². The maximum absolute atomic E-state index is 13.4. The molecule has 0 aromatic heterocycles. The van der Waals surface area contributed by atoms with Gasteiger partial charge in [-0.05, 0) is 49.2 Å². The number of nitrogens with one attached hydrogen (secondary N) is 1. The van der Waals surface area contributed by atoms with Crippen LogP contribution in [0.2, 0.25) is 0 Å². The number of benzene rings is 3.